The number of amides is 1. The van der Waals surface area contributed by atoms with Gasteiger partial charge in [-0.05, 0) is 52.0 Å². The third kappa shape index (κ3) is 4.31. The lowest BCUT2D eigenvalue weighted by Crippen LogP contribution is -2.67. The van der Waals surface area contributed by atoms with Crippen LogP contribution in [0.3, 0.4) is 0 Å². The second-order valence-electron chi connectivity index (χ2n) is 7.37. The van der Waals surface area contributed by atoms with Gasteiger partial charge in [-0.2, -0.15) is 4.31 Å². The minimum absolute atomic E-state index is 0.189. The molecule has 1 aromatic carbocycles. The van der Waals surface area contributed by atoms with Crippen molar-refractivity contribution < 1.29 is 13.2 Å². The van der Waals surface area contributed by atoms with Crippen LogP contribution in [0.15, 0.2) is 29.2 Å². The number of sulfonamides is 1. The van der Waals surface area contributed by atoms with Gasteiger partial charge in [0.25, 0.3) is 0 Å². The summed E-state index contributed by atoms with van der Waals surface area (Å²) < 4.78 is 27.3. The Morgan fingerprint density at radius 2 is 1.57 bits per heavy atom. The molecule has 1 amide bonds. The van der Waals surface area contributed by atoms with E-state index in [0.717, 1.165) is 0 Å². The zero-order chi connectivity index (χ0) is 17.5. The lowest BCUT2D eigenvalue weighted by atomic mass is 9.93. The van der Waals surface area contributed by atoms with Crippen LogP contribution in [0.4, 0.5) is 5.69 Å². The van der Waals surface area contributed by atoms with E-state index in [4.69, 9.17) is 0 Å². The van der Waals surface area contributed by atoms with Crippen molar-refractivity contribution in [3.63, 3.8) is 0 Å². The monoisotopic (exact) mass is 339 g/mol. The summed E-state index contributed by atoms with van der Waals surface area (Å²) >= 11 is 0. The predicted octanol–water partition coefficient (Wildman–Crippen LogP) is 1.80. The summed E-state index contributed by atoms with van der Waals surface area (Å²) in [6.07, 6.45) is 0. The number of benzene rings is 1. The van der Waals surface area contributed by atoms with Crippen LogP contribution >= 0.6 is 0 Å². The highest BCUT2D eigenvalue weighted by Crippen LogP contribution is 2.27. The summed E-state index contributed by atoms with van der Waals surface area (Å²) in [5.41, 5.74) is -0.0204. The van der Waals surface area contributed by atoms with Gasteiger partial charge in [0.15, 0.2) is 0 Å². The average molecular weight is 339 g/mol. The molecule has 0 aromatic heterocycles. The van der Waals surface area contributed by atoms with Crippen LogP contribution in [0.1, 0.15) is 34.6 Å². The zero-order valence-corrected chi connectivity index (χ0v) is 15.1. The number of nitrogens with one attached hydrogen (secondary N) is 2. The molecule has 7 heteroatoms. The van der Waals surface area contributed by atoms with Gasteiger partial charge in [0.2, 0.25) is 15.9 Å². The molecule has 0 spiro atoms. The van der Waals surface area contributed by atoms with E-state index in [1.54, 1.807) is 12.1 Å². The highest BCUT2D eigenvalue weighted by atomic mass is 32.2. The Hall–Kier alpha value is -1.44. The quantitative estimate of drug-likeness (QED) is 0.880. The molecule has 0 atom stereocenters. The van der Waals surface area contributed by atoms with Crippen LogP contribution in [-0.4, -0.2) is 42.8 Å². The van der Waals surface area contributed by atoms with Gasteiger partial charge in [-0.15, -0.1) is 0 Å². The first kappa shape index (κ1) is 17.9. The van der Waals surface area contributed by atoms with Crippen molar-refractivity contribution in [2.24, 2.45) is 0 Å². The largest absolute Gasteiger partial charge is 0.326 e. The van der Waals surface area contributed by atoms with E-state index in [1.807, 2.05) is 27.7 Å². The molecule has 0 saturated carbocycles. The van der Waals surface area contributed by atoms with Gasteiger partial charge >= 0.3 is 0 Å². The van der Waals surface area contributed by atoms with Crippen LogP contribution in [0.2, 0.25) is 0 Å². The van der Waals surface area contributed by atoms with E-state index in [9.17, 15) is 13.2 Å². The average Bonchev–Trinajstić information content (AvgIpc) is 2.34. The van der Waals surface area contributed by atoms with Crippen molar-refractivity contribution in [2.75, 3.05) is 18.4 Å². The fourth-order valence-corrected chi connectivity index (χ4v) is 4.93. The van der Waals surface area contributed by atoms with Gasteiger partial charge in [-0.25, -0.2) is 8.42 Å². The summed E-state index contributed by atoms with van der Waals surface area (Å²) in [5.74, 6) is -0.189. The number of piperazine rings is 1. The molecule has 1 aliphatic rings. The number of hydrogen-bond acceptors (Lipinski definition) is 4. The maximum absolute atomic E-state index is 12.9. The summed E-state index contributed by atoms with van der Waals surface area (Å²) in [6, 6.07) is 6.27. The van der Waals surface area contributed by atoms with Crippen LogP contribution in [0, 0.1) is 0 Å². The lowest BCUT2D eigenvalue weighted by Gasteiger charge is -2.47. The van der Waals surface area contributed by atoms with Gasteiger partial charge in [-0.3, -0.25) is 4.79 Å². The summed E-state index contributed by atoms with van der Waals surface area (Å²) in [7, 11) is -3.57. The molecule has 23 heavy (non-hydrogen) atoms. The maximum Gasteiger partial charge on any atom is 0.243 e. The Kier molecular flexibility index (Phi) is 4.58. The van der Waals surface area contributed by atoms with Crippen molar-refractivity contribution in [2.45, 2.75) is 50.6 Å². The fourth-order valence-electron chi connectivity index (χ4n) is 3.17. The molecule has 0 bridgehead atoms. The minimum Gasteiger partial charge on any atom is -0.326 e. The molecule has 2 N–H and O–H groups in total. The molecule has 1 heterocycles. The van der Waals surface area contributed by atoms with Gasteiger partial charge in [0, 0.05) is 36.8 Å². The van der Waals surface area contributed by atoms with E-state index < -0.39 is 10.0 Å². The first-order chi connectivity index (χ1) is 10.4. The zero-order valence-electron chi connectivity index (χ0n) is 14.3. The molecular formula is C16H25N3O3S. The Morgan fingerprint density at radius 1 is 1.09 bits per heavy atom. The molecule has 0 unspecified atom stereocenters. The first-order valence-corrected chi connectivity index (χ1v) is 9.03. The van der Waals surface area contributed by atoms with Crippen LogP contribution < -0.4 is 10.6 Å². The highest BCUT2D eigenvalue weighted by Gasteiger charge is 2.41. The van der Waals surface area contributed by atoms with Gasteiger partial charge in [0.05, 0.1) is 4.90 Å². The molecular weight excluding hydrogens is 314 g/mol. The molecule has 1 saturated heterocycles. The van der Waals surface area contributed by atoms with Gasteiger partial charge in [0.1, 0.15) is 0 Å². The molecule has 1 fully saturated rings. The topological polar surface area (TPSA) is 78.5 Å². The number of nitrogens with zero attached hydrogens (tertiary/aromatic N) is 1. The number of rotatable bonds is 3. The molecule has 128 valence electrons. The van der Waals surface area contributed by atoms with Gasteiger partial charge in [-0.1, -0.05) is 0 Å². The fraction of sp³-hybridized carbons (Fsp3) is 0.562. The van der Waals surface area contributed by atoms with Crippen LogP contribution in [0.5, 0.6) is 0 Å². The molecule has 6 nitrogen and oxygen atoms in total. The standard InChI is InChI=1S/C16H25N3O3S/c1-12(20)17-13-6-8-14(9-7-13)23(21,22)19-10-15(2,3)18-16(4,5)11-19/h6-9,18H,10-11H2,1-5H3,(H,17,20). The Bertz CT molecular complexity index is 678. The van der Waals surface area contributed by atoms with E-state index >= 15 is 0 Å². The van der Waals surface area contributed by atoms with E-state index in [2.05, 4.69) is 10.6 Å². The minimum atomic E-state index is -3.57. The van der Waals surface area contributed by atoms with Crippen molar-refractivity contribution in [1.82, 2.24) is 9.62 Å². The molecule has 1 aromatic rings. The van der Waals surface area contributed by atoms with E-state index in [-0.39, 0.29) is 21.9 Å². The number of anilines is 1. The van der Waals surface area contributed by atoms with Crippen molar-refractivity contribution in [1.29, 1.82) is 0 Å². The number of hydrogen-bond donors (Lipinski definition) is 2. The van der Waals surface area contributed by atoms with Crippen LogP contribution in [-0.2, 0) is 14.8 Å². The Balaban J connectivity index is 2.29. The molecule has 0 aliphatic carbocycles. The molecule has 0 radical (unpaired) electrons. The third-order valence-electron chi connectivity index (χ3n) is 3.63. The smallest absolute Gasteiger partial charge is 0.243 e. The maximum atomic E-state index is 12.9. The summed E-state index contributed by atoms with van der Waals surface area (Å²) in [6.45, 7) is 10.2. The predicted molar refractivity (Wildman–Crippen MR) is 90.8 cm³/mol. The summed E-state index contributed by atoms with van der Waals surface area (Å²) in [4.78, 5) is 11.3. The highest BCUT2D eigenvalue weighted by molar-refractivity contribution is 7.89. The number of carbonyl (C=O) groups excluding carboxylic acids is 1. The first-order valence-electron chi connectivity index (χ1n) is 7.59. The van der Waals surface area contributed by atoms with Crippen molar-refractivity contribution >= 4 is 21.6 Å². The Labute approximate surface area is 138 Å². The van der Waals surface area contributed by atoms with E-state index in [1.165, 1.54) is 23.4 Å². The second kappa shape index (κ2) is 5.89. The number of carbonyl (C=O) groups is 1. The van der Waals surface area contributed by atoms with Gasteiger partial charge < -0.3 is 10.6 Å². The lowest BCUT2D eigenvalue weighted by molar-refractivity contribution is -0.114. The summed E-state index contributed by atoms with van der Waals surface area (Å²) in [5, 5.41) is 6.09. The second-order valence-corrected chi connectivity index (χ2v) is 9.31. The normalized spacial score (nSPS) is 20.9. The molecule has 1 aliphatic heterocycles. The van der Waals surface area contributed by atoms with Crippen molar-refractivity contribution in [3.8, 4) is 0 Å². The SMILES string of the molecule is CC(=O)Nc1ccc(S(=O)(=O)N2CC(C)(C)NC(C)(C)C2)cc1. The Morgan fingerprint density at radius 3 is 2.00 bits per heavy atom. The van der Waals surface area contributed by atoms with Crippen molar-refractivity contribution in [3.05, 3.63) is 24.3 Å². The molecule has 2 rings (SSSR count). The third-order valence-corrected chi connectivity index (χ3v) is 5.44. The van der Waals surface area contributed by atoms with E-state index in [0.29, 0.717) is 18.8 Å². The van der Waals surface area contributed by atoms with Crippen LogP contribution in [0.25, 0.3) is 0 Å².